The zero-order valence-corrected chi connectivity index (χ0v) is 14.2. The Morgan fingerprint density at radius 3 is 2.27 bits per heavy atom. The summed E-state index contributed by atoms with van der Waals surface area (Å²) in [5.41, 5.74) is 7.87. The largest absolute Gasteiger partial charge is 0.372 e. The van der Waals surface area contributed by atoms with Crippen molar-refractivity contribution in [3.05, 3.63) is 42.0 Å². The highest BCUT2D eigenvalue weighted by atomic mass is 32.1. The first kappa shape index (κ1) is 18.0. The minimum atomic E-state index is -0.231. The van der Waals surface area contributed by atoms with Gasteiger partial charge in [0.1, 0.15) is 0 Å². The second kappa shape index (κ2) is 9.04. The molecular weight excluding hydrogens is 296 g/mol. The Kier molecular flexibility index (Phi) is 7.39. The normalized spacial score (nSPS) is 9.77. The molecule has 0 spiro atoms. The number of thiocarbonyl (C=S) groups is 1. The van der Waals surface area contributed by atoms with Crippen LogP contribution in [0.5, 0.6) is 0 Å². The van der Waals surface area contributed by atoms with Crippen LogP contribution >= 0.6 is 12.2 Å². The lowest BCUT2D eigenvalue weighted by Gasteiger charge is -2.21. The number of rotatable bonds is 6. The van der Waals surface area contributed by atoms with Crippen molar-refractivity contribution < 1.29 is 4.79 Å². The number of nitrogens with one attached hydrogen (secondary N) is 3. The summed E-state index contributed by atoms with van der Waals surface area (Å²) in [4.78, 5) is 14.2. The molecule has 0 aromatic heterocycles. The first-order valence-corrected chi connectivity index (χ1v) is 7.72. The van der Waals surface area contributed by atoms with Crippen molar-refractivity contribution in [1.29, 1.82) is 0 Å². The highest BCUT2D eigenvalue weighted by Crippen LogP contribution is 2.14. The number of hydrogen-bond donors (Lipinski definition) is 3. The van der Waals surface area contributed by atoms with Gasteiger partial charge in [0.25, 0.3) is 5.91 Å². The second-order valence-corrected chi connectivity index (χ2v) is 5.35. The van der Waals surface area contributed by atoms with E-state index >= 15 is 0 Å². The van der Waals surface area contributed by atoms with Gasteiger partial charge in [-0.05, 0) is 57.3 Å². The van der Waals surface area contributed by atoms with Crippen molar-refractivity contribution in [2.75, 3.05) is 24.5 Å². The molecule has 3 N–H and O–H groups in total. The van der Waals surface area contributed by atoms with Crippen LogP contribution in [0.1, 0.15) is 31.1 Å². The molecule has 1 rings (SSSR count). The standard InChI is InChI=1S/C16H24N4OS/c1-5-20(6-2)14-9-7-13(8-10-14)15(21)18-19-16(22)17-11-12(3)4/h7-10H,3,5-6,11H2,1-2,4H3,(H,18,21)(H2,17,19,22). The van der Waals surface area contributed by atoms with Crippen LogP contribution in [0.15, 0.2) is 36.4 Å². The van der Waals surface area contributed by atoms with Crippen molar-refractivity contribution in [2.24, 2.45) is 0 Å². The maximum atomic E-state index is 12.0. The van der Waals surface area contributed by atoms with Gasteiger partial charge in [-0.2, -0.15) is 0 Å². The van der Waals surface area contributed by atoms with Gasteiger partial charge in [-0.15, -0.1) is 0 Å². The summed E-state index contributed by atoms with van der Waals surface area (Å²) in [6, 6.07) is 7.49. The maximum Gasteiger partial charge on any atom is 0.269 e. The van der Waals surface area contributed by atoms with E-state index in [0.29, 0.717) is 17.2 Å². The summed E-state index contributed by atoms with van der Waals surface area (Å²) >= 11 is 5.04. The predicted molar refractivity (Wildman–Crippen MR) is 96.0 cm³/mol. The molecule has 0 unspecified atom stereocenters. The molecule has 22 heavy (non-hydrogen) atoms. The number of anilines is 1. The van der Waals surface area contributed by atoms with E-state index in [4.69, 9.17) is 12.2 Å². The van der Waals surface area contributed by atoms with Gasteiger partial charge in [0.05, 0.1) is 0 Å². The topological polar surface area (TPSA) is 56.4 Å². The molecule has 1 aromatic carbocycles. The number of carbonyl (C=O) groups excluding carboxylic acids is 1. The smallest absolute Gasteiger partial charge is 0.269 e. The van der Waals surface area contributed by atoms with Gasteiger partial charge < -0.3 is 10.2 Å². The van der Waals surface area contributed by atoms with E-state index in [0.717, 1.165) is 24.4 Å². The van der Waals surface area contributed by atoms with E-state index < -0.39 is 0 Å². The fourth-order valence-electron chi connectivity index (χ4n) is 1.87. The summed E-state index contributed by atoms with van der Waals surface area (Å²) < 4.78 is 0. The Bertz CT molecular complexity index is 523. The molecule has 0 heterocycles. The Morgan fingerprint density at radius 2 is 1.77 bits per heavy atom. The van der Waals surface area contributed by atoms with E-state index in [1.165, 1.54) is 0 Å². The van der Waals surface area contributed by atoms with Crippen LogP contribution in [-0.2, 0) is 0 Å². The van der Waals surface area contributed by atoms with Crippen molar-refractivity contribution in [2.45, 2.75) is 20.8 Å². The third-order valence-corrected chi connectivity index (χ3v) is 3.34. The zero-order valence-electron chi connectivity index (χ0n) is 13.4. The average molecular weight is 320 g/mol. The quantitative estimate of drug-likeness (QED) is 0.426. The lowest BCUT2D eigenvalue weighted by Crippen LogP contribution is -2.47. The molecule has 120 valence electrons. The van der Waals surface area contributed by atoms with Crippen LogP contribution in [0.25, 0.3) is 0 Å². The van der Waals surface area contributed by atoms with Crippen LogP contribution in [0.2, 0.25) is 0 Å². The molecule has 6 heteroatoms. The molecule has 0 fully saturated rings. The van der Waals surface area contributed by atoms with Crippen LogP contribution in [0.3, 0.4) is 0 Å². The summed E-state index contributed by atoms with van der Waals surface area (Å²) in [5.74, 6) is -0.231. The molecule has 0 atom stereocenters. The van der Waals surface area contributed by atoms with E-state index in [-0.39, 0.29) is 5.91 Å². The van der Waals surface area contributed by atoms with Crippen molar-refractivity contribution >= 4 is 28.9 Å². The molecular formula is C16H24N4OS. The fourth-order valence-corrected chi connectivity index (χ4v) is 2.00. The Hall–Kier alpha value is -2.08. The fraction of sp³-hybridized carbons (Fsp3) is 0.375. The van der Waals surface area contributed by atoms with Crippen molar-refractivity contribution in [3.8, 4) is 0 Å². The summed E-state index contributed by atoms with van der Waals surface area (Å²) in [6.07, 6.45) is 0. The summed E-state index contributed by atoms with van der Waals surface area (Å²) in [6.45, 7) is 12.3. The van der Waals surface area contributed by atoms with Gasteiger partial charge in [-0.25, -0.2) is 0 Å². The number of benzene rings is 1. The number of nitrogens with zero attached hydrogens (tertiary/aromatic N) is 1. The van der Waals surface area contributed by atoms with Gasteiger partial charge in [0.15, 0.2) is 5.11 Å². The second-order valence-electron chi connectivity index (χ2n) is 4.94. The van der Waals surface area contributed by atoms with Crippen LogP contribution < -0.4 is 21.1 Å². The zero-order chi connectivity index (χ0) is 16.5. The minimum absolute atomic E-state index is 0.231. The molecule has 0 aliphatic rings. The average Bonchev–Trinajstić information content (AvgIpc) is 2.52. The number of carbonyl (C=O) groups is 1. The molecule has 5 nitrogen and oxygen atoms in total. The van der Waals surface area contributed by atoms with Gasteiger partial charge >= 0.3 is 0 Å². The molecule has 1 amide bonds. The molecule has 0 aliphatic heterocycles. The molecule has 0 saturated carbocycles. The van der Waals surface area contributed by atoms with E-state index in [1.807, 2.05) is 19.1 Å². The van der Waals surface area contributed by atoms with Gasteiger partial charge in [-0.1, -0.05) is 12.2 Å². The summed E-state index contributed by atoms with van der Waals surface area (Å²) in [7, 11) is 0. The molecule has 0 radical (unpaired) electrons. The lowest BCUT2D eigenvalue weighted by atomic mass is 10.2. The minimum Gasteiger partial charge on any atom is -0.372 e. The summed E-state index contributed by atoms with van der Waals surface area (Å²) in [5, 5.41) is 3.29. The third-order valence-electron chi connectivity index (χ3n) is 3.10. The lowest BCUT2D eigenvalue weighted by molar-refractivity contribution is 0.0943. The van der Waals surface area contributed by atoms with Gasteiger partial charge in [0.2, 0.25) is 0 Å². The monoisotopic (exact) mass is 320 g/mol. The molecule has 0 bridgehead atoms. The van der Waals surface area contributed by atoms with Crippen LogP contribution in [0.4, 0.5) is 5.69 Å². The van der Waals surface area contributed by atoms with Crippen LogP contribution in [0, 0.1) is 0 Å². The van der Waals surface area contributed by atoms with Gasteiger partial charge in [0, 0.05) is 30.9 Å². The van der Waals surface area contributed by atoms with E-state index in [9.17, 15) is 4.79 Å². The highest BCUT2D eigenvalue weighted by molar-refractivity contribution is 7.80. The Balaban J connectivity index is 2.52. The van der Waals surface area contributed by atoms with Crippen molar-refractivity contribution in [1.82, 2.24) is 16.2 Å². The molecule has 0 aliphatic carbocycles. The highest BCUT2D eigenvalue weighted by Gasteiger charge is 2.07. The third kappa shape index (κ3) is 5.73. The molecule has 1 aromatic rings. The Morgan fingerprint density at radius 1 is 1.18 bits per heavy atom. The van der Waals surface area contributed by atoms with E-state index in [1.54, 1.807) is 12.1 Å². The van der Waals surface area contributed by atoms with Crippen molar-refractivity contribution in [3.63, 3.8) is 0 Å². The first-order chi connectivity index (χ1) is 10.5. The first-order valence-electron chi connectivity index (χ1n) is 7.31. The van der Waals surface area contributed by atoms with E-state index in [2.05, 4.69) is 41.5 Å². The SMILES string of the molecule is C=C(C)CNC(=S)NNC(=O)c1ccc(N(CC)CC)cc1. The number of hydrogen-bond acceptors (Lipinski definition) is 3. The Labute approximate surface area is 137 Å². The molecule has 0 saturated heterocycles. The van der Waals surface area contributed by atoms with Gasteiger partial charge in [-0.3, -0.25) is 15.6 Å². The maximum absolute atomic E-state index is 12.0. The number of amides is 1. The predicted octanol–water partition coefficient (Wildman–Crippen LogP) is 2.22. The van der Waals surface area contributed by atoms with Crippen LogP contribution in [-0.4, -0.2) is 30.7 Å². The number of hydrazine groups is 1.